The Bertz CT molecular complexity index is 90.9. The first kappa shape index (κ1) is 7.96. The van der Waals surface area contributed by atoms with Gasteiger partial charge < -0.3 is 0 Å². The molecule has 0 nitrogen and oxygen atoms in total. The smallest absolute Gasteiger partial charge is 0.0230 e. The first-order valence-corrected chi connectivity index (χ1v) is 5.06. The highest BCUT2D eigenvalue weighted by Crippen LogP contribution is 2.36. The Morgan fingerprint density at radius 1 is 1.44 bits per heavy atom. The van der Waals surface area contributed by atoms with Gasteiger partial charge in [-0.1, -0.05) is 13.3 Å². The van der Waals surface area contributed by atoms with Gasteiger partial charge in [0, 0.05) is 0 Å². The van der Waals surface area contributed by atoms with E-state index < -0.39 is 0 Å². The molecular weight excluding hydrogens is 146 g/mol. The zero-order valence-electron chi connectivity index (χ0n) is 6.01. The minimum atomic E-state index is 0.815. The van der Waals surface area contributed by atoms with Gasteiger partial charge in [0.1, 0.15) is 0 Å². The molecule has 1 saturated carbocycles. The first-order valence-electron chi connectivity index (χ1n) is 3.73. The van der Waals surface area contributed by atoms with Crippen LogP contribution in [0.5, 0.6) is 0 Å². The quantitative estimate of drug-likeness (QED) is 0.519. The summed E-state index contributed by atoms with van der Waals surface area (Å²) < 4.78 is 0. The van der Waals surface area contributed by atoms with E-state index in [1.54, 1.807) is 0 Å². The molecule has 2 heteroatoms. The zero-order chi connectivity index (χ0) is 6.85. The van der Waals surface area contributed by atoms with E-state index in [0.717, 1.165) is 17.2 Å². The molecule has 1 rings (SSSR count). The van der Waals surface area contributed by atoms with Crippen molar-refractivity contribution in [3.05, 3.63) is 0 Å². The second-order valence-electron chi connectivity index (χ2n) is 3.12. The van der Waals surface area contributed by atoms with Gasteiger partial charge in [0.25, 0.3) is 0 Å². The Balaban J connectivity index is 2.40. The van der Waals surface area contributed by atoms with E-state index in [1.165, 1.54) is 19.3 Å². The van der Waals surface area contributed by atoms with Gasteiger partial charge in [-0.15, -0.1) is 18.5 Å². The van der Waals surface area contributed by atoms with E-state index in [9.17, 15) is 0 Å². The van der Waals surface area contributed by atoms with E-state index in [1.807, 2.05) is 0 Å². The standard InChI is InChI=1S/C7H16P2/c1-5(8)6-3-2-4-7(6)9/h5-7H,2-4,8-9H2,1H3/t5-,6?,7?/m1/s1. The highest BCUT2D eigenvalue weighted by Gasteiger charge is 2.25. The molecule has 0 amide bonds. The molecule has 1 aliphatic rings. The highest BCUT2D eigenvalue weighted by atomic mass is 31.0. The largest absolute Gasteiger partial charge is 0.134 e. The summed E-state index contributed by atoms with van der Waals surface area (Å²) in [5.41, 5.74) is 1.72. The fraction of sp³-hybridized carbons (Fsp3) is 1.00. The van der Waals surface area contributed by atoms with Crippen LogP contribution in [0.1, 0.15) is 26.2 Å². The summed E-state index contributed by atoms with van der Waals surface area (Å²) in [7, 11) is 5.88. The maximum atomic E-state index is 2.97. The second kappa shape index (κ2) is 3.31. The maximum Gasteiger partial charge on any atom is -0.0230 e. The van der Waals surface area contributed by atoms with Crippen LogP contribution < -0.4 is 0 Å². The molecule has 0 N–H and O–H groups in total. The lowest BCUT2D eigenvalue weighted by Crippen LogP contribution is -2.15. The van der Waals surface area contributed by atoms with Crippen molar-refractivity contribution in [1.82, 2.24) is 0 Å². The van der Waals surface area contributed by atoms with E-state index >= 15 is 0 Å². The van der Waals surface area contributed by atoms with Gasteiger partial charge >= 0.3 is 0 Å². The van der Waals surface area contributed by atoms with Gasteiger partial charge in [-0.05, 0) is 30.1 Å². The molecule has 0 bridgehead atoms. The zero-order valence-corrected chi connectivity index (χ0v) is 8.32. The predicted molar refractivity (Wildman–Crippen MR) is 50.0 cm³/mol. The average molecular weight is 162 g/mol. The fourth-order valence-electron chi connectivity index (χ4n) is 1.67. The van der Waals surface area contributed by atoms with Crippen molar-refractivity contribution >= 4 is 18.5 Å². The molecule has 0 aliphatic heterocycles. The third kappa shape index (κ3) is 1.89. The monoisotopic (exact) mass is 162 g/mol. The van der Waals surface area contributed by atoms with Crippen LogP contribution in [0.4, 0.5) is 0 Å². The number of rotatable bonds is 1. The highest BCUT2D eigenvalue weighted by molar-refractivity contribution is 7.19. The molecular formula is C7H16P2. The Morgan fingerprint density at radius 2 is 2.11 bits per heavy atom. The summed E-state index contributed by atoms with van der Waals surface area (Å²) in [6.45, 7) is 2.30. The Kier molecular flexibility index (Phi) is 2.93. The predicted octanol–water partition coefficient (Wildman–Crippen LogP) is 2.29. The van der Waals surface area contributed by atoms with Crippen LogP contribution in [-0.4, -0.2) is 11.3 Å². The average Bonchev–Trinajstić information content (AvgIpc) is 2.13. The van der Waals surface area contributed by atoms with Crippen LogP contribution in [0, 0.1) is 5.92 Å². The molecule has 0 spiro atoms. The summed E-state index contributed by atoms with van der Waals surface area (Å²) in [6.07, 6.45) is 4.31. The summed E-state index contributed by atoms with van der Waals surface area (Å²) in [5, 5.41) is 0. The van der Waals surface area contributed by atoms with E-state index in [-0.39, 0.29) is 0 Å². The minimum absolute atomic E-state index is 0.815. The SMILES string of the molecule is C[C@@H](P)C1CCCC1P. The van der Waals surface area contributed by atoms with Crippen molar-refractivity contribution in [2.24, 2.45) is 5.92 Å². The maximum absolute atomic E-state index is 2.97. The van der Waals surface area contributed by atoms with Gasteiger partial charge in [-0.25, -0.2) is 0 Å². The normalized spacial score (nSPS) is 39.0. The van der Waals surface area contributed by atoms with E-state index in [2.05, 4.69) is 25.4 Å². The van der Waals surface area contributed by atoms with Crippen LogP contribution in [0.3, 0.4) is 0 Å². The summed E-state index contributed by atoms with van der Waals surface area (Å²) in [5.74, 6) is 0.958. The third-order valence-electron chi connectivity index (χ3n) is 2.30. The molecule has 9 heavy (non-hydrogen) atoms. The molecule has 0 aromatic carbocycles. The topological polar surface area (TPSA) is 0 Å². The second-order valence-corrected chi connectivity index (χ2v) is 5.03. The van der Waals surface area contributed by atoms with Gasteiger partial charge in [-0.2, -0.15) is 0 Å². The van der Waals surface area contributed by atoms with Crippen molar-refractivity contribution < 1.29 is 0 Å². The molecule has 0 saturated heterocycles. The Hall–Kier alpha value is 0.860. The van der Waals surface area contributed by atoms with Crippen molar-refractivity contribution in [2.75, 3.05) is 0 Å². The molecule has 4 unspecified atom stereocenters. The Labute approximate surface area is 62.6 Å². The summed E-state index contributed by atoms with van der Waals surface area (Å²) in [6, 6.07) is 0. The Morgan fingerprint density at radius 3 is 2.33 bits per heavy atom. The van der Waals surface area contributed by atoms with Crippen LogP contribution in [0.15, 0.2) is 0 Å². The van der Waals surface area contributed by atoms with E-state index in [0.29, 0.717) is 0 Å². The molecule has 0 heterocycles. The van der Waals surface area contributed by atoms with Crippen LogP contribution in [0.25, 0.3) is 0 Å². The van der Waals surface area contributed by atoms with Crippen LogP contribution in [-0.2, 0) is 0 Å². The van der Waals surface area contributed by atoms with Crippen molar-refractivity contribution in [3.63, 3.8) is 0 Å². The molecule has 1 aliphatic carbocycles. The number of hydrogen-bond donors (Lipinski definition) is 0. The van der Waals surface area contributed by atoms with Gasteiger partial charge in [0.15, 0.2) is 0 Å². The van der Waals surface area contributed by atoms with E-state index in [4.69, 9.17) is 0 Å². The molecule has 5 atom stereocenters. The van der Waals surface area contributed by atoms with Crippen molar-refractivity contribution in [3.8, 4) is 0 Å². The molecule has 0 radical (unpaired) electrons. The lowest BCUT2D eigenvalue weighted by molar-refractivity contribution is 0.555. The summed E-state index contributed by atoms with van der Waals surface area (Å²) >= 11 is 0. The molecule has 0 aromatic heterocycles. The molecule has 1 fully saturated rings. The molecule has 0 aromatic rings. The minimum Gasteiger partial charge on any atom is -0.134 e. The van der Waals surface area contributed by atoms with Crippen LogP contribution in [0.2, 0.25) is 0 Å². The first-order chi connectivity index (χ1) is 4.22. The van der Waals surface area contributed by atoms with Gasteiger partial charge in [0.2, 0.25) is 0 Å². The lowest BCUT2D eigenvalue weighted by atomic mass is 10.0. The van der Waals surface area contributed by atoms with Crippen LogP contribution >= 0.6 is 18.5 Å². The van der Waals surface area contributed by atoms with Crippen molar-refractivity contribution in [1.29, 1.82) is 0 Å². The lowest BCUT2D eigenvalue weighted by Gasteiger charge is -2.18. The molecule has 54 valence electrons. The fourth-order valence-corrected chi connectivity index (χ4v) is 3.18. The van der Waals surface area contributed by atoms with Gasteiger partial charge in [0.05, 0.1) is 0 Å². The van der Waals surface area contributed by atoms with Gasteiger partial charge in [-0.3, -0.25) is 0 Å². The third-order valence-corrected chi connectivity index (χ3v) is 3.62. The summed E-state index contributed by atoms with van der Waals surface area (Å²) in [4.78, 5) is 0. The number of hydrogen-bond acceptors (Lipinski definition) is 0. The van der Waals surface area contributed by atoms with Crippen molar-refractivity contribution in [2.45, 2.75) is 37.5 Å².